The van der Waals surface area contributed by atoms with E-state index < -0.39 is 0 Å². The van der Waals surface area contributed by atoms with Gasteiger partial charge >= 0.3 is 0 Å². The Morgan fingerprint density at radius 2 is 0.705 bits per heavy atom. The van der Waals surface area contributed by atoms with Crippen molar-refractivity contribution < 1.29 is 0 Å². The van der Waals surface area contributed by atoms with Crippen molar-refractivity contribution in [3.05, 3.63) is 203 Å². The summed E-state index contributed by atoms with van der Waals surface area (Å²) in [5.41, 5.74) is 19.5. The Morgan fingerprint density at radius 3 is 1.22 bits per heavy atom. The van der Waals surface area contributed by atoms with Crippen molar-refractivity contribution in [3.8, 4) is 27.9 Å². The number of para-hydroxylation sites is 2. The molecule has 10 aromatic carbocycles. The van der Waals surface area contributed by atoms with E-state index in [2.05, 4.69) is 304 Å². The van der Waals surface area contributed by atoms with E-state index >= 15 is 0 Å². The number of fused-ring (bicyclic) bond motifs is 3. The molecule has 0 fully saturated rings. The second kappa shape index (κ2) is 18.2. The zero-order chi connectivity index (χ0) is 55.8. The highest BCUT2D eigenvalue weighted by atomic mass is 15.1. The second-order valence-corrected chi connectivity index (χ2v) is 28.9. The van der Waals surface area contributed by atoms with Gasteiger partial charge in [-0.05, 0) is 159 Å². The summed E-state index contributed by atoms with van der Waals surface area (Å²) in [7, 11) is 0. The topological polar surface area (TPSA) is 8.17 Å². The van der Waals surface area contributed by atoms with Gasteiger partial charge in [0.1, 0.15) is 0 Å². The van der Waals surface area contributed by atoms with Gasteiger partial charge < -0.3 is 9.47 Å². The fourth-order valence-corrected chi connectivity index (χ4v) is 11.9. The molecule has 0 bridgehead atoms. The molecule has 0 amide bonds. The lowest BCUT2D eigenvalue weighted by molar-refractivity contribution is 0.568. The molecule has 78 heavy (non-hydrogen) atoms. The molecule has 0 unspecified atom stereocenters. The summed E-state index contributed by atoms with van der Waals surface area (Å²) in [4.78, 5) is 2.64. The van der Waals surface area contributed by atoms with Crippen molar-refractivity contribution >= 4 is 71.2 Å². The maximum absolute atomic E-state index is 2.64. The predicted molar refractivity (Wildman–Crippen MR) is 342 cm³/mol. The molecule has 0 saturated heterocycles. The number of benzene rings is 10. The Bertz CT molecular complexity index is 4010. The Balaban J connectivity index is 1.28. The average Bonchev–Trinajstić information content (AvgIpc) is 3.90. The second-order valence-electron chi connectivity index (χ2n) is 28.9. The average molecular weight is 1020 g/mol. The largest absolute Gasteiger partial charge is 0.309 e. The zero-order valence-corrected chi connectivity index (χ0v) is 50.1. The van der Waals surface area contributed by atoms with Crippen LogP contribution in [0.1, 0.15) is 158 Å². The smallest absolute Gasteiger partial charge is 0.0541 e. The summed E-state index contributed by atoms with van der Waals surface area (Å²) in [6, 6.07) is 66.4. The maximum atomic E-state index is 2.64. The standard InChI is InChI=1S/C76H82N2/c1-71(2,3)50-31-35-57(49-39-52(73(7,8)9)41-53(40-49)74(10,11)12)62(45-50)63-46-51(72(4,5)6)32-38-68(63)77(56-43-54(75(13,14)15)42-55(44-56)76(16,17)18)66-36-29-47-28-34-61-67(37-30-48-27-33-60(66)69(47)70(48)61)78-64-25-21-19-23-58(64)59-24-20-22-26-65(59)78/h19-46H,1-18H3. The van der Waals surface area contributed by atoms with Crippen LogP contribution in [0.25, 0.3) is 82.1 Å². The van der Waals surface area contributed by atoms with Crippen LogP contribution in [-0.2, 0) is 32.5 Å². The van der Waals surface area contributed by atoms with Crippen molar-refractivity contribution in [1.82, 2.24) is 4.57 Å². The van der Waals surface area contributed by atoms with Gasteiger partial charge in [0.2, 0.25) is 0 Å². The van der Waals surface area contributed by atoms with Crippen LogP contribution < -0.4 is 4.90 Å². The van der Waals surface area contributed by atoms with Crippen LogP contribution in [0.3, 0.4) is 0 Å². The van der Waals surface area contributed by atoms with E-state index in [1.807, 2.05) is 0 Å². The highest BCUT2D eigenvalue weighted by Crippen LogP contribution is 2.52. The molecule has 1 aromatic heterocycles. The van der Waals surface area contributed by atoms with Crippen LogP contribution in [0.15, 0.2) is 170 Å². The highest BCUT2D eigenvalue weighted by Gasteiger charge is 2.31. The van der Waals surface area contributed by atoms with Gasteiger partial charge in [0.15, 0.2) is 0 Å². The molecule has 11 rings (SSSR count). The fourth-order valence-electron chi connectivity index (χ4n) is 11.9. The molecule has 396 valence electrons. The molecule has 0 aliphatic carbocycles. The van der Waals surface area contributed by atoms with Gasteiger partial charge in [-0.15, -0.1) is 0 Å². The molecule has 0 aliphatic rings. The molecule has 0 N–H and O–H groups in total. The van der Waals surface area contributed by atoms with Crippen LogP contribution in [0.4, 0.5) is 17.1 Å². The first-order valence-corrected chi connectivity index (χ1v) is 28.6. The number of nitrogens with zero attached hydrogens (tertiary/aromatic N) is 2. The van der Waals surface area contributed by atoms with E-state index in [1.165, 1.54) is 115 Å². The quantitative estimate of drug-likeness (QED) is 0.151. The molecule has 1 heterocycles. The van der Waals surface area contributed by atoms with Gasteiger partial charge in [-0.2, -0.15) is 0 Å². The van der Waals surface area contributed by atoms with E-state index in [0.29, 0.717) is 0 Å². The van der Waals surface area contributed by atoms with Crippen molar-refractivity contribution in [1.29, 1.82) is 0 Å². The van der Waals surface area contributed by atoms with Crippen LogP contribution in [-0.4, -0.2) is 4.57 Å². The van der Waals surface area contributed by atoms with Crippen molar-refractivity contribution in [2.45, 2.75) is 157 Å². The molecule has 0 aliphatic heterocycles. The van der Waals surface area contributed by atoms with Crippen molar-refractivity contribution in [2.75, 3.05) is 4.90 Å². The number of hydrogen-bond acceptors (Lipinski definition) is 1. The van der Waals surface area contributed by atoms with Crippen LogP contribution in [0.5, 0.6) is 0 Å². The molecule has 2 nitrogen and oxygen atoms in total. The third-order valence-electron chi connectivity index (χ3n) is 16.8. The molecule has 0 radical (unpaired) electrons. The molecule has 11 aromatic rings. The predicted octanol–water partition coefficient (Wildman–Crippen LogP) is 22.3. The lowest BCUT2D eigenvalue weighted by Gasteiger charge is -2.34. The van der Waals surface area contributed by atoms with E-state index in [0.717, 1.165) is 17.1 Å². The Kier molecular flexibility index (Phi) is 12.3. The van der Waals surface area contributed by atoms with E-state index in [1.54, 1.807) is 0 Å². The number of hydrogen-bond donors (Lipinski definition) is 0. The number of aromatic nitrogens is 1. The summed E-state index contributed by atoms with van der Waals surface area (Å²) in [6.45, 7) is 42.4. The molecular weight excluding hydrogens is 941 g/mol. The van der Waals surface area contributed by atoms with Crippen LogP contribution >= 0.6 is 0 Å². The summed E-state index contributed by atoms with van der Waals surface area (Å²) in [6.07, 6.45) is 0. The molecular formula is C76H82N2. The van der Waals surface area contributed by atoms with Crippen molar-refractivity contribution in [3.63, 3.8) is 0 Å². The van der Waals surface area contributed by atoms with Gasteiger partial charge in [-0.3, -0.25) is 0 Å². The van der Waals surface area contributed by atoms with Gasteiger partial charge in [0.05, 0.1) is 28.1 Å². The lowest BCUT2D eigenvalue weighted by atomic mass is 9.77. The first-order chi connectivity index (χ1) is 36.5. The number of anilines is 3. The van der Waals surface area contributed by atoms with Crippen LogP contribution in [0.2, 0.25) is 0 Å². The maximum Gasteiger partial charge on any atom is 0.0541 e. The summed E-state index contributed by atoms with van der Waals surface area (Å²) >= 11 is 0. The number of rotatable bonds is 6. The van der Waals surface area contributed by atoms with E-state index in [4.69, 9.17) is 0 Å². The van der Waals surface area contributed by atoms with Gasteiger partial charge in [0, 0.05) is 32.8 Å². The Labute approximate surface area is 466 Å². The third-order valence-corrected chi connectivity index (χ3v) is 16.8. The fraction of sp³-hybridized carbons (Fsp3) is 0.316. The molecule has 0 atom stereocenters. The SMILES string of the molecule is CC(C)(C)c1cc(-c2ccc(C(C)(C)C)cc2-c2cc(C(C)(C)C)ccc2N(c2cc(C(C)(C)C)cc(C(C)(C)C)c2)c2ccc3ccc4c(-n5c6ccccc6c6ccccc65)ccc5ccc2c3c54)cc(C(C)(C)C)c1. The van der Waals surface area contributed by atoms with E-state index in [9.17, 15) is 0 Å². The normalized spacial score (nSPS) is 13.3. The summed E-state index contributed by atoms with van der Waals surface area (Å²) in [5.74, 6) is 0. The third kappa shape index (κ3) is 9.27. The Morgan fingerprint density at radius 1 is 0.295 bits per heavy atom. The Hall–Kier alpha value is -7.16. The minimum atomic E-state index is -0.113. The zero-order valence-electron chi connectivity index (χ0n) is 50.1. The summed E-state index contributed by atoms with van der Waals surface area (Å²) < 4.78 is 2.49. The van der Waals surface area contributed by atoms with Gasteiger partial charge in [0.25, 0.3) is 0 Å². The highest BCUT2D eigenvalue weighted by molar-refractivity contribution is 6.27. The van der Waals surface area contributed by atoms with Gasteiger partial charge in [-0.25, -0.2) is 0 Å². The van der Waals surface area contributed by atoms with Crippen LogP contribution in [0, 0.1) is 0 Å². The molecule has 2 heteroatoms. The lowest BCUT2D eigenvalue weighted by Crippen LogP contribution is -2.20. The molecule has 0 saturated carbocycles. The monoisotopic (exact) mass is 1020 g/mol. The van der Waals surface area contributed by atoms with E-state index in [-0.39, 0.29) is 32.5 Å². The van der Waals surface area contributed by atoms with Gasteiger partial charge in [-0.1, -0.05) is 240 Å². The first-order valence-electron chi connectivity index (χ1n) is 28.6. The molecule has 0 spiro atoms. The minimum absolute atomic E-state index is 0.0439. The van der Waals surface area contributed by atoms with Crippen molar-refractivity contribution in [2.24, 2.45) is 0 Å². The summed E-state index contributed by atoms with van der Waals surface area (Å²) in [5, 5.41) is 10.1. The minimum Gasteiger partial charge on any atom is -0.309 e. The first kappa shape index (κ1) is 52.9.